The van der Waals surface area contributed by atoms with Gasteiger partial charge in [0, 0.05) is 13.5 Å². The molecule has 1 aromatic rings. The van der Waals surface area contributed by atoms with Crippen LogP contribution in [0.5, 0.6) is 5.75 Å². The number of benzene rings is 1. The van der Waals surface area contributed by atoms with Crippen molar-refractivity contribution >= 4 is 11.8 Å². The number of hydrogen-bond acceptors (Lipinski definition) is 3. The summed E-state index contributed by atoms with van der Waals surface area (Å²) in [5, 5.41) is 5.85. The van der Waals surface area contributed by atoms with Crippen molar-refractivity contribution in [2.24, 2.45) is 5.92 Å². The first kappa shape index (κ1) is 19.7. The van der Waals surface area contributed by atoms with E-state index >= 15 is 0 Å². The predicted molar refractivity (Wildman–Crippen MR) is 105 cm³/mol. The number of carbonyl (C=O) groups excluding carboxylic acids is 2. The zero-order valence-electron chi connectivity index (χ0n) is 16.3. The molecule has 2 aliphatic rings. The number of carbonyl (C=O) groups is 2. The van der Waals surface area contributed by atoms with Gasteiger partial charge in [-0.25, -0.2) is 0 Å². The van der Waals surface area contributed by atoms with E-state index < -0.39 is 6.04 Å². The summed E-state index contributed by atoms with van der Waals surface area (Å²) in [6.07, 6.45) is 10.6. The Morgan fingerprint density at radius 2 is 1.78 bits per heavy atom. The van der Waals surface area contributed by atoms with Crippen LogP contribution < -0.4 is 15.4 Å². The number of hydrogen-bond donors (Lipinski definition) is 2. The van der Waals surface area contributed by atoms with Crippen LogP contribution in [0.3, 0.4) is 0 Å². The Balaban J connectivity index is 1.55. The van der Waals surface area contributed by atoms with Gasteiger partial charge in [-0.1, -0.05) is 31.4 Å². The van der Waals surface area contributed by atoms with Crippen LogP contribution in [0.4, 0.5) is 0 Å². The monoisotopic (exact) mass is 372 g/mol. The minimum Gasteiger partial charge on any atom is -0.490 e. The van der Waals surface area contributed by atoms with Gasteiger partial charge in [-0.3, -0.25) is 9.59 Å². The van der Waals surface area contributed by atoms with E-state index in [0.717, 1.165) is 49.8 Å². The van der Waals surface area contributed by atoms with Crippen molar-refractivity contribution in [3.05, 3.63) is 29.8 Å². The lowest BCUT2D eigenvalue weighted by molar-refractivity contribution is -0.129. The number of rotatable bonds is 7. The highest BCUT2D eigenvalue weighted by molar-refractivity contribution is 5.87. The summed E-state index contributed by atoms with van der Waals surface area (Å²) < 4.78 is 6.11. The van der Waals surface area contributed by atoms with E-state index in [1.165, 1.54) is 26.2 Å². The first-order valence-corrected chi connectivity index (χ1v) is 10.4. The van der Waals surface area contributed by atoms with Gasteiger partial charge in [-0.05, 0) is 62.1 Å². The van der Waals surface area contributed by atoms with Gasteiger partial charge in [0.25, 0.3) is 0 Å². The molecular formula is C22H32N2O3. The highest BCUT2D eigenvalue weighted by atomic mass is 16.5. The second-order valence-corrected chi connectivity index (χ2v) is 7.97. The zero-order chi connectivity index (χ0) is 19.1. The van der Waals surface area contributed by atoms with Crippen molar-refractivity contribution in [2.75, 3.05) is 0 Å². The molecule has 0 heterocycles. The maximum absolute atomic E-state index is 12.7. The van der Waals surface area contributed by atoms with Gasteiger partial charge in [0.05, 0.1) is 6.10 Å². The van der Waals surface area contributed by atoms with Crippen LogP contribution >= 0.6 is 0 Å². The fourth-order valence-electron chi connectivity index (χ4n) is 4.31. The predicted octanol–water partition coefficient (Wildman–Crippen LogP) is 3.71. The van der Waals surface area contributed by atoms with E-state index in [-0.39, 0.29) is 17.7 Å². The maximum Gasteiger partial charge on any atom is 0.243 e. The summed E-state index contributed by atoms with van der Waals surface area (Å²) in [6, 6.07) is 7.54. The average Bonchev–Trinajstić information content (AvgIpc) is 3.20. The van der Waals surface area contributed by atoms with Crippen molar-refractivity contribution < 1.29 is 14.3 Å². The molecule has 0 saturated heterocycles. The molecule has 2 saturated carbocycles. The Bertz CT molecular complexity index is 634. The van der Waals surface area contributed by atoms with Crippen molar-refractivity contribution in [3.63, 3.8) is 0 Å². The Morgan fingerprint density at radius 1 is 1.07 bits per heavy atom. The lowest BCUT2D eigenvalue weighted by Gasteiger charge is -2.24. The number of amides is 2. The van der Waals surface area contributed by atoms with Crippen molar-refractivity contribution in [1.29, 1.82) is 0 Å². The normalized spacial score (nSPS) is 19.4. The number of nitrogens with one attached hydrogen (secondary N) is 2. The van der Waals surface area contributed by atoms with E-state index in [2.05, 4.69) is 10.6 Å². The molecule has 3 rings (SSSR count). The first-order chi connectivity index (χ1) is 13.1. The second kappa shape index (κ2) is 9.77. The zero-order valence-corrected chi connectivity index (χ0v) is 16.3. The molecule has 1 unspecified atom stereocenters. The molecule has 2 fully saturated rings. The SMILES string of the molecule is CC(=O)NC(C(=O)NCc1cccc(OC2CCCCC2)c1)C1CCCC1. The van der Waals surface area contributed by atoms with Gasteiger partial charge in [0.1, 0.15) is 11.8 Å². The molecule has 1 aromatic carbocycles. The van der Waals surface area contributed by atoms with Crippen LogP contribution in [0.2, 0.25) is 0 Å². The summed E-state index contributed by atoms with van der Waals surface area (Å²) in [7, 11) is 0. The van der Waals surface area contributed by atoms with E-state index in [4.69, 9.17) is 4.74 Å². The lowest BCUT2D eigenvalue weighted by Crippen LogP contribution is -2.49. The molecule has 27 heavy (non-hydrogen) atoms. The molecule has 148 valence electrons. The fraction of sp³-hybridized carbons (Fsp3) is 0.636. The number of ether oxygens (including phenoxy) is 1. The third kappa shape index (κ3) is 5.98. The van der Waals surface area contributed by atoms with Crippen LogP contribution in [-0.4, -0.2) is 24.0 Å². The molecule has 0 bridgehead atoms. The molecular weight excluding hydrogens is 340 g/mol. The van der Waals surface area contributed by atoms with Crippen LogP contribution in [0.25, 0.3) is 0 Å². The Kier molecular flexibility index (Phi) is 7.13. The molecule has 5 heteroatoms. The van der Waals surface area contributed by atoms with Gasteiger partial charge >= 0.3 is 0 Å². The van der Waals surface area contributed by atoms with Crippen molar-refractivity contribution in [3.8, 4) is 5.75 Å². The van der Waals surface area contributed by atoms with Gasteiger partial charge in [-0.15, -0.1) is 0 Å². The van der Waals surface area contributed by atoms with Crippen molar-refractivity contribution in [1.82, 2.24) is 10.6 Å². The smallest absolute Gasteiger partial charge is 0.243 e. The van der Waals surface area contributed by atoms with Gasteiger partial charge in [0.2, 0.25) is 11.8 Å². The van der Waals surface area contributed by atoms with Crippen LogP contribution in [-0.2, 0) is 16.1 Å². The summed E-state index contributed by atoms with van der Waals surface area (Å²) in [5.41, 5.74) is 1.02. The highest BCUT2D eigenvalue weighted by Crippen LogP contribution is 2.28. The topological polar surface area (TPSA) is 67.4 Å². The largest absolute Gasteiger partial charge is 0.490 e. The molecule has 1 atom stereocenters. The fourth-order valence-corrected chi connectivity index (χ4v) is 4.31. The Morgan fingerprint density at radius 3 is 2.48 bits per heavy atom. The third-order valence-electron chi connectivity index (χ3n) is 5.73. The molecule has 0 aliphatic heterocycles. The minimum absolute atomic E-state index is 0.0873. The molecule has 0 radical (unpaired) electrons. The van der Waals surface area contributed by atoms with E-state index in [1.807, 2.05) is 24.3 Å². The molecule has 2 aliphatic carbocycles. The lowest BCUT2D eigenvalue weighted by atomic mass is 9.97. The molecule has 5 nitrogen and oxygen atoms in total. The molecule has 0 aromatic heterocycles. The van der Waals surface area contributed by atoms with Gasteiger partial charge in [-0.2, -0.15) is 0 Å². The molecule has 0 spiro atoms. The molecule has 2 amide bonds. The van der Waals surface area contributed by atoms with Crippen LogP contribution in [0.1, 0.15) is 70.3 Å². The average molecular weight is 373 g/mol. The standard InChI is InChI=1S/C22H32N2O3/c1-16(25)24-21(18-9-5-6-10-18)22(26)23-15-17-8-7-13-20(14-17)27-19-11-3-2-4-12-19/h7-8,13-14,18-19,21H,2-6,9-12,15H2,1H3,(H,23,26)(H,24,25). The summed E-state index contributed by atoms with van der Waals surface area (Å²) in [5.74, 6) is 0.887. The third-order valence-corrected chi connectivity index (χ3v) is 5.73. The maximum atomic E-state index is 12.7. The Labute approximate surface area is 162 Å². The minimum atomic E-state index is -0.424. The first-order valence-electron chi connectivity index (χ1n) is 10.4. The van der Waals surface area contributed by atoms with Crippen molar-refractivity contribution in [2.45, 2.75) is 83.4 Å². The van der Waals surface area contributed by atoms with E-state index in [1.54, 1.807) is 0 Å². The van der Waals surface area contributed by atoms with Gasteiger partial charge in [0.15, 0.2) is 0 Å². The summed E-state index contributed by atoms with van der Waals surface area (Å²) >= 11 is 0. The quantitative estimate of drug-likeness (QED) is 0.767. The van der Waals surface area contributed by atoms with Crippen LogP contribution in [0.15, 0.2) is 24.3 Å². The van der Waals surface area contributed by atoms with E-state index in [0.29, 0.717) is 12.6 Å². The Hall–Kier alpha value is -2.04. The van der Waals surface area contributed by atoms with E-state index in [9.17, 15) is 9.59 Å². The van der Waals surface area contributed by atoms with Gasteiger partial charge < -0.3 is 15.4 Å². The van der Waals surface area contributed by atoms with Crippen LogP contribution in [0, 0.1) is 5.92 Å². The molecule has 2 N–H and O–H groups in total. The second-order valence-electron chi connectivity index (χ2n) is 7.97. The summed E-state index contributed by atoms with van der Waals surface area (Å²) in [4.78, 5) is 24.2. The summed E-state index contributed by atoms with van der Waals surface area (Å²) in [6.45, 7) is 1.92. The highest BCUT2D eigenvalue weighted by Gasteiger charge is 2.31.